The van der Waals surface area contributed by atoms with Crippen molar-refractivity contribution in [2.24, 2.45) is 0 Å². The van der Waals surface area contributed by atoms with Crippen molar-refractivity contribution in [2.75, 3.05) is 13.7 Å². The molecule has 0 amide bonds. The number of rotatable bonds is 5. The highest BCUT2D eigenvalue weighted by Crippen LogP contribution is 2.42. The Hall–Kier alpha value is -3.35. The zero-order valence-corrected chi connectivity index (χ0v) is 17.3. The number of aliphatic hydroxyl groups excluding tert-OH is 4. The summed E-state index contributed by atoms with van der Waals surface area (Å²) < 4.78 is 22.1. The number of phenols is 3. The summed E-state index contributed by atoms with van der Waals surface area (Å²) in [5.41, 5.74) is 0.386. The van der Waals surface area contributed by atoms with E-state index in [0.29, 0.717) is 5.56 Å². The summed E-state index contributed by atoms with van der Waals surface area (Å²) >= 11 is 0. The highest BCUT2D eigenvalue weighted by Gasteiger charge is 2.45. The van der Waals surface area contributed by atoms with E-state index in [9.17, 15) is 35.7 Å². The van der Waals surface area contributed by atoms with Crippen LogP contribution in [0.2, 0.25) is 0 Å². The minimum absolute atomic E-state index is 0.0161. The molecule has 2 heterocycles. The fourth-order valence-electron chi connectivity index (χ4n) is 3.59. The molecule has 11 heteroatoms. The number of hydrogen-bond acceptors (Lipinski definition) is 10. The Morgan fingerprint density at radius 3 is 2.33 bits per heavy atom. The molecule has 1 aliphatic heterocycles. The van der Waals surface area contributed by atoms with E-state index in [0.717, 1.165) is 6.07 Å². The molecule has 2 aromatic carbocycles. The Morgan fingerprint density at radius 2 is 1.67 bits per heavy atom. The van der Waals surface area contributed by atoms with E-state index < -0.39 is 37.3 Å². The maximum atomic E-state index is 10.3. The lowest BCUT2D eigenvalue weighted by Crippen LogP contribution is -2.60. The summed E-state index contributed by atoms with van der Waals surface area (Å²) in [4.78, 5) is 0. The van der Waals surface area contributed by atoms with Gasteiger partial charge in [-0.15, -0.1) is 0 Å². The summed E-state index contributed by atoms with van der Waals surface area (Å²) in [6.07, 6.45) is -7.67. The number of aliphatic hydroxyl groups is 4. The van der Waals surface area contributed by atoms with Gasteiger partial charge in [-0.3, -0.25) is 0 Å². The number of methoxy groups -OCH3 is 1. The molecular weight excluding hydrogens is 440 g/mol. The summed E-state index contributed by atoms with van der Waals surface area (Å²) in [5, 5.41) is 70.2. The molecule has 7 N–H and O–H groups in total. The molecule has 5 atom stereocenters. The zero-order valence-electron chi connectivity index (χ0n) is 17.3. The van der Waals surface area contributed by atoms with Crippen LogP contribution in [0.5, 0.6) is 28.7 Å². The Balaban J connectivity index is 1.83. The summed E-state index contributed by atoms with van der Waals surface area (Å²) in [7, 11) is 1.38. The van der Waals surface area contributed by atoms with Crippen LogP contribution in [-0.4, -0.2) is 80.2 Å². The molecule has 0 bridgehead atoms. The van der Waals surface area contributed by atoms with E-state index in [1.807, 2.05) is 0 Å². The van der Waals surface area contributed by atoms with Gasteiger partial charge in [-0.2, -0.15) is 0 Å². The van der Waals surface area contributed by atoms with Gasteiger partial charge < -0.3 is 50.0 Å². The SMILES string of the molecule is COc1ccc(-c2[o+]c3cc(O)cc(O)c3cc2OC2OC(CO)C(O)C(O)C2O)cc1O. The highest BCUT2D eigenvalue weighted by atomic mass is 16.7. The zero-order chi connectivity index (χ0) is 23.9. The standard InChI is InChI=1S/C22H22O11/c1-30-14-3-2-9(4-13(14)26)21-16(7-11-12(25)5-10(24)6-15(11)31-21)32-22-20(29)19(28)18(27)17(8-23)33-22/h2-7,17-20,22-23,27-29H,8H2,1H3,(H2-,24,25,26)/p+1. The van der Waals surface area contributed by atoms with Gasteiger partial charge in [0.1, 0.15) is 41.3 Å². The normalized spacial score (nSPS) is 25.2. The van der Waals surface area contributed by atoms with Gasteiger partial charge in [-0.1, -0.05) is 0 Å². The lowest BCUT2D eigenvalue weighted by Gasteiger charge is -2.39. The molecule has 0 spiro atoms. The Kier molecular flexibility index (Phi) is 6.15. The number of ether oxygens (including phenoxy) is 3. The average Bonchev–Trinajstić information content (AvgIpc) is 2.79. The van der Waals surface area contributed by atoms with E-state index in [-0.39, 0.29) is 45.5 Å². The molecule has 176 valence electrons. The molecule has 0 saturated carbocycles. The van der Waals surface area contributed by atoms with Crippen molar-refractivity contribution in [2.45, 2.75) is 30.7 Å². The average molecular weight is 463 g/mol. The van der Waals surface area contributed by atoms with Crippen LogP contribution in [0.4, 0.5) is 0 Å². The maximum absolute atomic E-state index is 10.3. The van der Waals surface area contributed by atoms with Gasteiger partial charge in [0.15, 0.2) is 11.5 Å². The van der Waals surface area contributed by atoms with Gasteiger partial charge in [0.25, 0.3) is 0 Å². The van der Waals surface area contributed by atoms with E-state index >= 15 is 0 Å². The van der Waals surface area contributed by atoms with Crippen LogP contribution >= 0.6 is 0 Å². The summed E-state index contributed by atoms with van der Waals surface area (Å²) in [5.74, 6) is -0.639. The van der Waals surface area contributed by atoms with E-state index in [4.69, 9.17) is 18.6 Å². The van der Waals surface area contributed by atoms with Crippen LogP contribution < -0.4 is 9.47 Å². The molecule has 0 radical (unpaired) electrons. The van der Waals surface area contributed by atoms with Crippen molar-refractivity contribution < 1.29 is 54.4 Å². The molecule has 0 aliphatic carbocycles. The number of fused-ring (bicyclic) bond motifs is 1. The van der Waals surface area contributed by atoms with Crippen molar-refractivity contribution in [1.82, 2.24) is 0 Å². The largest absolute Gasteiger partial charge is 0.507 e. The smallest absolute Gasteiger partial charge is 0.402 e. The second-order valence-electron chi connectivity index (χ2n) is 7.52. The first-order valence-corrected chi connectivity index (χ1v) is 9.91. The second-order valence-corrected chi connectivity index (χ2v) is 7.52. The minimum atomic E-state index is -1.69. The Bertz CT molecular complexity index is 1160. The van der Waals surface area contributed by atoms with Crippen LogP contribution in [0.3, 0.4) is 0 Å². The maximum Gasteiger partial charge on any atom is 0.402 e. The molecule has 3 aromatic rings. The number of phenolic OH excluding ortho intramolecular Hbond substituents is 3. The lowest BCUT2D eigenvalue weighted by molar-refractivity contribution is -0.277. The third-order valence-electron chi connectivity index (χ3n) is 5.35. The fourth-order valence-corrected chi connectivity index (χ4v) is 3.59. The highest BCUT2D eigenvalue weighted by molar-refractivity contribution is 5.88. The van der Waals surface area contributed by atoms with Crippen molar-refractivity contribution in [3.8, 4) is 40.1 Å². The molecule has 1 aliphatic rings. The molecule has 1 saturated heterocycles. The van der Waals surface area contributed by atoms with Gasteiger partial charge in [-0.05, 0) is 12.1 Å². The van der Waals surface area contributed by atoms with E-state index in [1.54, 1.807) is 6.07 Å². The molecular formula is C22H23O11+. The van der Waals surface area contributed by atoms with Crippen molar-refractivity contribution >= 4 is 11.0 Å². The number of aromatic hydroxyl groups is 3. The Labute approximate surface area is 186 Å². The molecule has 1 fully saturated rings. The third-order valence-corrected chi connectivity index (χ3v) is 5.35. The number of hydrogen-bond donors (Lipinski definition) is 7. The van der Waals surface area contributed by atoms with Crippen LogP contribution in [0.15, 0.2) is 40.8 Å². The summed E-state index contributed by atoms with van der Waals surface area (Å²) in [6, 6.07) is 8.06. The van der Waals surface area contributed by atoms with Crippen LogP contribution in [0, 0.1) is 0 Å². The first-order valence-electron chi connectivity index (χ1n) is 9.91. The van der Waals surface area contributed by atoms with E-state index in [1.165, 1.54) is 31.4 Å². The van der Waals surface area contributed by atoms with Crippen LogP contribution in [-0.2, 0) is 4.74 Å². The molecule has 33 heavy (non-hydrogen) atoms. The lowest BCUT2D eigenvalue weighted by atomic mass is 9.99. The van der Waals surface area contributed by atoms with Gasteiger partial charge in [-0.25, -0.2) is 4.42 Å². The van der Waals surface area contributed by atoms with Gasteiger partial charge in [0.2, 0.25) is 12.0 Å². The van der Waals surface area contributed by atoms with Gasteiger partial charge >= 0.3 is 11.3 Å². The van der Waals surface area contributed by atoms with Crippen LogP contribution in [0.1, 0.15) is 0 Å². The monoisotopic (exact) mass is 463 g/mol. The number of benzene rings is 2. The van der Waals surface area contributed by atoms with Crippen molar-refractivity contribution in [1.29, 1.82) is 0 Å². The third kappa shape index (κ3) is 4.19. The Morgan fingerprint density at radius 1 is 0.909 bits per heavy atom. The van der Waals surface area contributed by atoms with E-state index in [2.05, 4.69) is 0 Å². The van der Waals surface area contributed by atoms with Crippen molar-refractivity contribution in [3.63, 3.8) is 0 Å². The molecule has 5 unspecified atom stereocenters. The predicted octanol–water partition coefficient (Wildman–Crippen LogP) is 0.685. The molecule has 4 rings (SSSR count). The minimum Gasteiger partial charge on any atom is -0.507 e. The second kappa shape index (κ2) is 8.89. The molecule has 1 aromatic heterocycles. The fraction of sp³-hybridized carbons (Fsp3) is 0.318. The van der Waals surface area contributed by atoms with Crippen LogP contribution in [0.25, 0.3) is 22.3 Å². The first kappa shape index (κ1) is 22.8. The quantitative estimate of drug-likeness (QED) is 0.264. The molecule has 11 nitrogen and oxygen atoms in total. The van der Waals surface area contributed by atoms with Gasteiger partial charge in [0.05, 0.1) is 25.3 Å². The van der Waals surface area contributed by atoms with Gasteiger partial charge in [0, 0.05) is 18.2 Å². The predicted molar refractivity (Wildman–Crippen MR) is 112 cm³/mol. The summed E-state index contributed by atoms with van der Waals surface area (Å²) in [6.45, 7) is -0.647. The first-order chi connectivity index (χ1) is 15.7. The van der Waals surface area contributed by atoms with Crippen molar-refractivity contribution in [3.05, 3.63) is 36.4 Å². The topological polar surface area (TPSA) is 181 Å².